The minimum absolute atomic E-state index is 0.166. The maximum Gasteiger partial charge on any atom is 0.131 e. The van der Waals surface area contributed by atoms with Gasteiger partial charge in [0.05, 0.1) is 0 Å². The zero-order valence-corrected chi connectivity index (χ0v) is 12.3. The third kappa shape index (κ3) is 3.14. The van der Waals surface area contributed by atoms with Gasteiger partial charge in [-0.1, -0.05) is 42.5 Å². The Balaban J connectivity index is 1.79. The lowest BCUT2D eigenvalue weighted by Gasteiger charge is -2.33. The van der Waals surface area contributed by atoms with E-state index in [-0.39, 0.29) is 5.82 Å². The highest BCUT2D eigenvalue weighted by atomic mass is 19.1. The molecule has 3 heteroatoms. The van der Waals surface area contributed by atoms with Crippen LogP contribution in [0, 0.1) is 5.82 Å². The van der Waals surface area contributed by atoms with E-state index in [0.29, 0.717) is 11.6 Å². The molecule has 1 atom stereocenters. The van der Waals surface area contributed by atoms with Gasteiger partial charge < -0.3 is 5.32 Å². The molecule has 0 spiro atoms. The second-order valence-corrected chi connectivity index (χ2v) is 5.56. The summed E-state index contributed by atoms with van der Waals surface area (Å²) < 4.78 is 13.8. The zero-order chi connectivity index (χ0) is 14.7. The van der Waals surface area contributed by atoms with Crippen molar-refractivity contribution in [1.82, 2.24) is 10.2 Å². The topological polar surface area (TPSA) is 15.3 Å². The highest BCUT2D eigenvalue weighted by Gasteiger charge is 2.17. The van der Waals surface area contributed by atoms with Crippen molar-refractivity contribution in [3.8, 4) is 11.1 Å². The van der Waals surface area contributed by atoms with Gasteiger partial charge in [0.2, 0.25) is 0 Å². The normalized spacial score (nSPS) is 17.6. The first-order valence-electron chi connectivity index (χ1n) is 7.55. The Morgan fingerprint density at radius 2 is 1.67 bits per heavy atom. The van der Waals surface area contributed by atoms with Crippen molar-refractivity contribution in [3.05, 3.63) is 59.9 Å². The molecule has 1 N–H and O–H groups in total. The molecular formula is C18H21FN2. The summed E-state index contributed by atoms with van der Waals surface area (Å²) >= 11 is 0. The van der Waals surface area contributed by atoms with Crippen LogP contribution in [0.4, 0.5) is 4.39 Å². The standard InChI is InChI=1S/C18H21FN2/c1-14(21-12-10-20-11-13-21)15-6-8-16(9-7-15)17-4-2-3-5-18(17)19/h2-9,14,20H,10-13H2,1H3. The van der Waals surface area contributed by atoms with Gasteiger partial charge in [0, 0.05) is 37.8 Å². The molecule has 0 aromatic heterocycles. The van der Waals surface area contributed by atoms with E-state index in [9.17, 15) is 4.39 Å². The van der Waals surface area contributed by atoms with Gasteiger partial charge >= 0.3 is 0 Å². The molecule has 3 rings (SSSR count). The van der Waals surface area contributed by atoms with Gasteiger partial charge in [-0.2, -0.15) is 0 Å². The second kappa shape index (κ2) is 6.37. The first-order valence-corrected chi connectivity index (χ1v) is 7.55. The van der Waals surface area contributed by atoms with Crippen LogP contribution in [0.3, 0.4) is 0 Å². The third-order valence-corrected chi connectivity index (χ3v) is 4.28. The summed E-state index contributed by atoms with van der Waals surface area (Å²) in [6.45, 7) is 6.51. The molecule has 0 aliphatic carbocycles. The maximum atomic E-state index is 13.8. The minimum Gasteiger partial charge on any atom is -0.314 e. The first kappa shape index (κ1) is 14.2. The van der Waals surface area contributed by atoms with Crippen molar-refractivity contribution in [2.45, 2.75) is 13.0 Å². The van der Waals surface area contributed by atoms with Gasteiger partial charge in [0.1, 0.15) is 5.82 Å². The van der Waals surface area contributed by atoms with E-state index in [2.05, 4.69) is 29.3 Å². The van der Waals surface area contributed by atoms with Crippen LogP contribution in [0.1, 0.15) is 18.5 Å². The molecule has 0 amide bonds. The molecular weight excluding hydrogens is 263 g/mol. The van der Waals surface area contributed by atoms with Crippen LogP contribution in [0.15, 0.2) is 48.5 Å². The van der Waals surface area contributed by atoms with Gasteiger partial charge in [-0.15, -0.1) is 0 Å². The van der Waals surface area contributed by atoms with Crippen molar-refractivity contribution in [3.63, 3.8) is 0 Å². The van der Waals surface area contributed by atoms with E-state index < -0.39 is 0 Å². The highest BCUT2D eigenvalue weighted by Crippen LogP contribution is 2.26. The van der Waals surface area contributed by atoms with Crippen molar-refractivity contribution >= 4 is 0 Å². The third-order valence-electron chi connectivity index (χ3n) is 4.28. The van der Waals surface area contributed by atoms with Crippen LogP contribution in [-0.4, -0.2) is 31.1 Å². The average molecular weight is 284 g/mol. The Kier molecular flexibility index (Phi) is 4.32. The number of halogens is 1. The quantitative estimate of drug-likeness (QED) is 0.928. The molecule has 2 nitrogen and oxygen atoms in total. The maximum absolute atomic E-state index is 13.8. The Hall–Kier alpha value is -1.71. The largest absolute Gasteiger partial charge is 0.314 e. The zero-order valence-electron chi connectivity index (χ0n) is 12.3. The number of nitrogens with one attached hydrogen (secondary N) is 1. The summed E-state index contributed by atoms with van der Waals surface area (Å²) in [4.78, 5) is 2.48. The molecule has 1 heterocycles. The van der Waals surface area contributed by atoms with E-state index in [1.54, 1.807) is 6.07 Å². The molecule has 110 valence electrons. The molecule has 0 radical (unpaired) electrons. The summed E-state index contributed by atoms with van der Waals surface area (Å²) in [7, 11) is 0. The summed E-state index contributed by atoms with van der Waals surface area (Å²) in [5, 5.41) is 3.37. The molecule has 1 aliphatic rings. The SMILES string of the molecule is CC(c1ccc(-c2ccccc2F)cc1)N1CCNCC1. The van der Waals surface area contributed by atoms with Gasteiger partial charge in [0.15, 0.2) is 0 Å². The molecule has 0 saturated carbocycles. The van der Waals surface area contributed by atoms with Crippen LogP contribution in [0.2, 0.25) is 0 Å². The number of nitrogens with zero attached hydrogens (tertiary/aromatic N) is 1. The predicted molar refractivity (Wildman–Crippen MR) is 84.7 cm³/mol. The van der Waals surface area contributed by atoms with E-state index in [4.69, 9.17) is 0 Å². The Morgan fingerprint density at radius 3 is 2.33 bits per heavy atom. The number of benzene rings is 2. The van der Waals surface area contributed by atoms with E-state index in [1.165, 1.54) is 11.6 Å². The average Bonchev–Trinajstić information content (AvgIpc) is 2.56. The van der Waals surface area contributed by atoms with E-state index in [0.717, 1.165) is 31.7 Å². The van der Waals surface area contributed by atoms with Gasteiger partial charge in [0.25, 0.3) is 0 Å². The fourth-order valence-corrected chi connectivity index (χ4v) is 2.92. The van der Waals surface area contributed by atoms with Crippen molar-refractivity contribution < 1.29 is 4.39 Å². The number of hydrogen-bond donors (Lipinski definition) is 1. The first-order chi connectivity index (χ1) is 10.3. The Morgan fingerprint density at radius 1 is 1.00 bits per heavy atom. The smallest absolute Gasteiger partial charge is 0.131 e. The van der Waals surface area contributed by atoms with Gasteiger partial charge in [-0.3, -0.25) is 4.90 Å². The molecule has 1 aliphatic heterocycles. The van der Waals surface area contributed by atoms with Crippen molar-refractivity contribution in [2.75, 3.05) is 26.2 Å². The van der Waals surface area contributed by atoms with Crippen LogP contribution in [0.25, 0.3) is 11.1 Å². The van der Waals surface area contributed by atoms with Gasteiger partial charge in [-0.25, -0.2) is 4.39 Å². The summed E-state index contributed by atoms with van der Waals surface area (Å²) in [6.07, 6.45) is 0. The van der Waals surface area contributed by atoms with Crippen LogP contribution < -0.4 is 5.32 Å². The number of rotatable bonds is 3. The summed E-state index contributed by atoms with van der Waals surface area (Å²) in [5.41, 5.74) is 2.89. The van der Waals surface area contributed by atoms with Gasteiger partial charge in [-0.05, 0) is 24.1 Å². The molecule has 21 heavy (non-hydrogen) atoms. The molecule has 0 bridgehead atoms. The molecule has 1 unspecified atom stereocenters. The fraction of sp³-hybridized carbons (Fsp3) is 0.333. The predicted octanol–water partition coefficient (Wildman–Crippen LogP) is 3.46. The van der Waals surface area contributed by atoms with Crippen LogP contribution in [0.5, 0.6) is 0 Å². The molecule has 2 aromatic carbocycles. The number of hydrogen-bond acceptors (Lipinski definition) is 2. The monoisotopic (exact) mass is 284 g/mol. The minimum atomic E-state index is -0.166. The van der Waals surface area contributed by atoms with Crippen molar-refractivity contribution in [1.29, 1.82) is 0 Å². The Bertz CT molecular complexity index is 588. The summed E-state index contributed by atoms with van der Waals surface area (Å²) in [5.74, 6) is -0.166. The van der Waals surface area contributed by atoms with Crippen LogP contribution >= 0.6 is 0 Å². The lowest BCUT2D eigenvalue weighted by molar-refractivity contribution is 0.185. The number of piperazine rings is 1. The lowest BCUT2D eigenvalue weighted by Crippen LogP contribution is -2.44. The highest BCUT2D eigenvalue weighted by molar-refractivity contribution is 5.64. The van der Waals surface area contributed by atoms with Crippen LogP contribution in [-0.2, 0) is 0 Å². The summed E-state index contributed by atoms with van der Waals surface area (Å²) in [6, 6.07) is 15.6. The molecule has 1 saturated heterocycles. The Labute approximate surface area is 125 Å². The molecule has 1 fully saturated rings. The molecule has 2 aromatic rings. The van der Waals surface area contributed by atoms with E-state index >= 15 is 0 Å². The van der Waals surface area contributed by atoms with E-state index in [1.807, 2.05) is 24.3 Å². The second-order valence-electron chi connectivity index (χ2n) is 5.56. The van der Waals surface area contributed by atoms with Crippen molar-refractivity contribution in [2.24, 2.45) is 0 Å². The fourth-order valence-electron chi connectivity index (χ4n) is 2.92. The lowest BCUT2D eigenvalue weighted by atomic mass is 10.00.